The average Bonchev–Trinajstić information content (AvgIpc) is 2.75. The molecule has 0 aliphatic carbocycles. The first-order valence-corrected chi connectivity index (χ1v) is 7.62. The molecule has 0 aliphatic rings. The van der Waals surface area contributed by atoms with Crippen LogP contribution in [0.2, 0.25) is 0 Å². The molecule has 3 nitrogen and oxygen atoms in total. The number of thiazole rings is 1. The molecule has 1 aromatic carbocycles. The second-order valence-corrected chi connectivity index (χ2v) is 6.24. The molecule has 0 saturated heterocycles. The minimum absolute atomic E-state index is 0.0822. The van der Waals surface area contributed by atoms with Crippen molar-refractivity contribution in [3.05, 3.63) is 51.0 Å². The number of nitrogens with zero attached hydrogens (tertiary/aromatic N) is 1. The van der Waals surface area contributed by atoms with Gasteiger partial charge in [0.05, 0.1) is 10.7 Å². The standard InChI is InChI=1S/C16H20N2OS/c1-11-6-4-5-7-14(11)10-17-15(19)8-9-16-18-12(2)13(3)20-16/h4-7H,8-10H2,1-3H3,(H,17,19). The first-order chi connectivity index (χ1) is 9.56. The Kier molecular flexibility index (Phi) is 4.90. The van der Waals surface area contributed by atoms with Gasteiger partial charge in [-0.2, -0.15) is 0 Å². The highest BCUT2D eigenvalue weighted by molar-refractivity contribution is 7.11. The van der Waals surface area contributed by atoms with Crippen LogP contribution in [0.5, 0.6) is 0 Å². The van der Waals surface area contributed by atoms with E-state index in [1.807, 2.05) is 25.1 Å². The summed E-state index contributed by atoms with van der Waals surface area (Å²) in [5, 5.41) is 4.02. The van der Waals surface area contributed by atoms with Crippen LogP contribution in [0, 0.1) is 20.8 Å². The van der Waals surface area contributed by atoms with E-state index in [0.717, 1.165) is 17.1 Å². The molecule has 0 radical (unpaired) electrons. The summed E-state index contributed by atoms with van der Waals surface area (Å²) < 4.78 is 0. The van der Waals surface area contributed by atoms with Crippen molar-refractivity contribution in [2.45, 2.75) is 40.2 Å². The van der Waals surface area contributed by atoms with Crippen molar-refractivity contribution in [3.63, 3.8) is 0 Å². The molecule has 1 aromatic heterocycles. The van der Waals surface area contributed by atoms with E-state index in [2.05, 4.69) is 30.2 Å². The molecular weight excluding hydrogens is 268 g/mol. The maximum atomic E-state index is 11.9. The Hall–Kier alpha value is -1.68. The van der Waals surface area contributed by atoms with E-state index in [9.17, 15) is 4.79 Å². The zero-order valence-corrected chi connectivity index (χ0v) is 13.0. The molecule has 0 saturated carbocycles. The van der Waals surface area contributed by atoms with Gasteiger partial charge in [-0.15, -0.1) is 11.3 Å². The van der Waals surface area contributed by atoms with E-state index < -0.39 is 0 Å². The lowest BCUT2D eigenvalue weighted by molar-refractivity contribution is -0.121. The summed E-state index contributed by atoms with van der Waals surface area (Å²) in [6.07, 6.45) is 1.22. The first-order valence-electron chi connectivity index (χ1n) is 6.80. The minimum atomic E-state index is 0.0822. The van der Waals surface area contributed by atoms with Gasteiger partial charge in [0, 0.05) is 24.3 Å². The number of rotatable bonds is 5. The van der Waals surface area contributed by atoms with E-state index in [0.29, 0.717) is 13.0 Å². The van der Waals surface area contributed by atoms with Crippen molar-refractivity contribution in [1.29, 1.82) is 0 Å². The molecule has 106 valence electrons. The van der Waals surface area contributed by atoms with Crippen molar-refractivity contribution in [2.24, 2.45) is 0 Å². The molecule has 0 unspecified atom stereocenters. The molecule has 20 heavy (non-hydrogen) atoms. The third kappa shape index (κ3) is 3.90. The molecule has 0 fully saturated rings. The molecule has 1 amide bonds. The molecule has 2 rings (SSSR count). The number of aryl methyl sites for hydroxylation is 4. The highest BCUT2D eigenvalue weighted by Crippen LogP contribution is 2.17. The van der Waals surface area contributed by atoms with Crippen LogP contribution in [-0.2, 0) is 17.8 Å². The van der Waals surface area contributed by atoms with E-state index >= 15 is 0 Å². The summed E-state index contributed by atoms with van der Waals surface area (Å²) in [5.74, 6) is 0.0822. The van der Waals surface area contributed by atoms with Crippen LogP contribution in [-0.4, -0.2) is 10.9 Å². The molecule has 4 heteroatoms. The number of carbonyl (C=O) groups excluding carboxylic acids is 1. The van der Waals surface area contributed by atoms with Gasteiger partial charge in [-0.3, -0.25) is 4.79 Å². The Morgan fingerprint density at radius 2 is 2.00 bits per heavy atom. The Balaban J connectivity index is 1.80. The SMILES string of the molecule is Cc1ccccc1CNC(=O)CCc1nc(C)c(C)s1. The van der Waals surface area contributed by atoms with Gasteiger partial charge in [0.1, 0.15) is 0 Å². The van der Waals surface area contributed by atoms with Gasteiger partial charge in [-0.1, -0.05) is 24.3 Å². The largest absolute Gasteiger partial charge is 0.352 e. The van der Waals surface area contributed by atoms with Gasteiger partial charge in [-0.05, 0) is 31.9 Å². The zero-order chi connectivity index (χ0) is 14.5. The molecule has 0 atom stereocenters. The van der Waals surface area contributed by atoms with E-state index in [-0.39, 0.29) is 5.91 Å². The predicted molar refractivity (Wildman–Crippen MR) is 82.9 cm³/mol. The number of hydrogen-bond acceptors (Lipinski definition) is 3. The Morgan fingerprint density at radius 1 is 1.25 bits per heavy atom. The van der Waals surface area contributed by atoms with Gasteiger partial charge in [-0.25, -0.2) is 4.98 Å². The second-order valence-electron chi connectivity index (χ2n) is 4.95. The lowest BCUT2D eigenvalue weighted by Gasteiger charge is -2.07. The number of aromatic nitrogens is 1. The zero-order valence-electron chi connectivity index (χ0n) is 12.2. The lowest BCUT2D eigenvalue weighted by atomic mass is 10.1. The predicted octanol–water partition coefficient (Wildman–Crippen LogP) is 3.32. The fourth-order valence-corrected chi connectivity index (χ4v) is 2.89. The third-order valence-corrected chi connectivity index (χ3v) is 4.51. The van der Waals surface area contributed by atoms with Gasteiger partial charge >= 0.3 is 0 Å². The van der Waals surface area contributed by atoms with Gasteiger partial charge < -0.3 is 5.32 Å². The first kappa shape index (κ1) is 14.7. The van der Waals surface area contributed by atoms with Crippen LogP contribution in [0.15, 0.2) is 24.3 Å². The van der Waals surface area contributed by atoms with Crippen LogP contribution < -0.4 is 5.32 Å². The molecule has 1 heterocycles. The minimum Gasteiger partial charge on any atom is -0.352 e. The van der Waals surface area contributed by atoms with Crippen molar-refractivity contribution >= 4 is 17.2 Å². The summed E-state index contributed by atoms with van der Waals surface area (Å²) in [6.45, 7) is 6.73. The number of nitrogens with one attached hydrogen (secondary N) is 1. The van der Waals surface area contributed by atoms with Crippen LogP contribution in [0.3, 0.4) is 0 Å². The maximum absolute atomic E-state index is 11.9. The van der Waals surface area contributed by atoms with Crippen molar-refractivity contribution in [1.82, 2.24) is 10.3 Å². The van der Waals surface area contributed by atoms with Crippen molar-refractivity contribution < 1.29 is 4.79 Å². The Labute approximate surface area is 124 Å². The summed E-state index contributed by atoms with van der Waals surface area (Å²) in [5.41, 5.74) is 3.45. The van der Waals surface area contributed by atoms with E-state index in [1.54, 1.807) is 11.3 Å². The van der Waals surface area contributed by atoms with E-state index in [4.69, 9.17) is 0 Å². The molecule has 2 aromatic rings. The quantitative estimate of drug-likeness (QED) is 0.917. The highest BCUT2D eigenvalue weighted by atomic mass is 32.1. The lowest BCUT2D eigenvalue weighted by Crippen LogP contribution is -2.23. The fraction of sp³-hybridized carbons (Fsp3) is 0.375. The third-order valence-electron chi connectivity index (χ3n) is 3.38. The molecule has 0 spiro atoms. The molecule has 1 N–H and O–H groups in total. The number of benzene rings is 1. The number of amides is 1. The normalized spacial score (nSPS) is 10.6. The molecule has 0 bridgehead atoms. The van der Waals surface area contributed by atoms with E-state index in [1.165, 1.54) is 16.0 Å². The van der Waals surface area contributed by atoms with Gasteiger partial charge in [0.25, 0.3) is 0 Å². The monoisotopic (exact) mass is 288 g/mol. The molecular formula is C16H20N2OS. The topological polar surface area (TPSA) is 42.0 Å². The second kappa shape index (κ2) is 6.66. The molecule has 0 aliphatic heterocycles. The smallest absolute Gasteiger partial charge is 0.220 e. The van der Waals surface area contributed by atoms with Gasteiger partial charge in [0.15, 0.2) is 0 Å². The average molecular weight is 288 g/mol. The highest BCUT2D eigenvalue weighted by Gasteiger charge is 2.07. The fourth-order valence-electron chi connectivity index (χ4n) is 1.96. The Morgan fingerprint density at radius 3 is 2.65 bits per heavy atom. The summed E-state index contributed by atoms with van der Waals surface area (Å²) in [6, 6.07) is 8.11. The van der Waals surface area contributed by atoms with Crippen molar-refractivity contribution in [3.8, 4) is 0 Å². The van der Waals surface area contributed by atoms with Crippen LogP contribution >= 0.6 is 11.3 Å². The van der Waals surface area contributed by atoms with Crippen LogP contribution in [0.25, 0.3) is 0 Å². The van der Waals surface area contributed by atoms with Gasteiger partial charge in [0.2, 0.25) is 5.91 Å². The summed E-state index contributed by atoms with van der Waals surface area (Å²) >= 11 is 1.68. The van der Waals surface area contributed by atoms with Crippen LogP contribution in [0.1, 0.15) is 33.1 Å². The maximum Gasteiger partial charge on any atom is 0.220 e. The van der Waals surface area contributed by atoms with Crippen LogP contribution in [0.4, 0.5) is 0 Å². The number of hydrogen-bond donors (Lipinski definition) is 1. The summed E-state index contributed by atoms with van der Waals surface area (Å²) in [4.78, 5) is 17.5. The van der Waals surface area contributed by atoms with Crippen molar-refractivity contribution in [2.75, 3.05) is 0 Å². The number of carbonyl (C=O) groups is 1. The Bertz CT molecular complexity index is 585. The summed E-state index contributed by atoms with van der Waals surface area (Å²) in [7, 11) is 0.